The van der Waals surface area contributed by atoms with Gasteiger partial charge in [-0.2, -0.15) is 0 Å². The first-order chi connectivity index (χ1) is 11.7. The summed E-state index contributed by atoms with van der Waals surface area (Å²) in [5.74, 6) is 1.45. The van der Waals surface area contributed by atoms with Crippen LogP contribution in [0, 0.1) is 13.8 Å². The van der Waals surface area contributed by atoms with Crippen LogP contribution in [0.25, 0.3) is 11.0 Å². The summed E-state index contributed by atoms with van der Waals surface area (Å²) in [7, 11) is 0. The topological polar surface area (TPSA) is 76.3 Å². The number of likely N-dealkylation sites (tertiary alicyclic amines) is 1. The van der Waals surface area contributed by atoms with E-state index in [9.17, 15) is 0 Å². The first kappa shape index (κ1) is 20.4. The number of H-pyrrole nitrogens is 1. The molecule has 5 nitrogen and oxygen atoms in total. The first-order valence-corrected chi connectivity index (χ1v) is 8.79. The molecule has 0 radical (unpaired) electrons. The van der Waals surface area contributed by atoms with Crippen molar-refractivity contribution in [2.75, 3.05) is 13.1 Å². The Morgan fingerprint density at radius 1 is 1.12 bits per heavy atom. The van der Waals surface area contributed by atoms with Gasteiger partial charge in [-0.3, -0.25) is 4.90 Å². The molecule has 0 bridgehead atoms. The van der Waals surface area contributed by atoms with Gasteiger partial charge in [0.2, 0.25) is 0 Å². The van der Waals surface area contributed by atoms with Crippen LogP contribution in [0.15, 0.2) is 36.5 Å². The van der Waals surface area contributed by atoms with Crippen LogP contribution in [0.4, 0.5) is 0 Å². The van der Waals surface area contributed by atoms with E-state index in [1.54, 1.807) is 0 Å². The molecule has 4 rings (SSSR count). The van der Waals surface area contributed by atoms with Crippen molar-refractivity contribution in [1.29, 1.82) is 0 Å². The van der Waals surface area contributed by atoms with Crippen molar-refractivity contribution < 1.29 is 5.48 Å². The number of hydrogen-bond donors (Lipinski definition) is 1. The maximum atomic E-state index is 4.70. The van der Waals surface area contributed by atoms with Crippen LogP contribution >= 0.6 is 12.4 Å². The summed E-state index contributed by atoms with van der Waals surface area (Å²) >= 11 is 0. The Bertz CT molecular complexity index is 842. The largest absolute Gasteiger partial charge is 0.412 e. The molecule has 1 aliphatic heterocycles. The first-order valence-electron chi connectivity index (χ1n) is 8.79. The molecule has 3 heterocycles. The van der Waals surface area contributed by atoms with Crippen LogP contribution in [0.3, 0.4) is 0 Å². The van der Waals surface area contributed by atoms with E-state index >= 15 is 0 Å². The predicted octanol–water partition coefficient (Wildman–Crippen LogP) is 3.55. The lowest BCUT2D eigenvalue weighted by molar-refractivity contribution is 0.205. The molecule has 3 aromatic rings. The number of nitrogens with one attached hydrogen (secondary N) is 1. The summed E-state index contributed by atoms with van der Waals surface area (Å²) in [4.78, 5) is 15.0. The van der Waals surface area contributed by atoms with Crippen molar-refractivity contribution in [1.82, 2.24) is 19.9 Å². The highest BCUT2D eigenvalue weighted by molar-refractivity contribution is 5.85. The van der Waals surface area contributed by atoms with Gasteiger partial charge in [0.25, 0.3) is 0 Å². The predicted molar refractivity (Wildman–Crippen MR) is 108 cm³/mol. The van der Waals surface area contributed by atoms with Crippen LogP contribution in [0.2, 0.25) is 0 Å². The van der Waals surface area contributed by atoms with Gasteiger partial charge in [0.05, 0.1) is 17.2 Å². The summed E-state index contributed by atoms with van der Waals surface area (Å²) < 4.78 is 0. The van der Waals surface area contributed by atoms with Gasteiger partial charge >= 0.3 is 0 Å². The lowest BCUT2D eigenvalue weighted by Crippen LogP contribution is -2.32. The number of nitrogens with zero attached hydrogens (tertiary/aromatic N) is 3. The zero-order valence-electron chi connectivity index (χ0n) is 15.3. The Labute approximate surface area is 160 Å². The highest BCUT2D eigenvalue weighted by Gasteiger charge is 2.25. The van der Waals surface area contributed by atoms with Crippen LogP contribution in [0.1, 0.15) is 41.4 Å². The molecule has 26 heavy (non-hydrogen) atoms. The average Bonchev–Trinajstić information content (AvgIpc) is 2.92. The fraction of sp³-hybridized carbons (Fsp3) is 0.400. The number of piperidine rings is 1. The highest BCUT2D eigenvalue weighted by Crippen LogP contribution is 2.34. The van der Waals surface area contributed by atoms with Gasteiger partial charge in [0.1, 0.15) is 5.82 Å². The van der Waals surface area contributed by atoms with Gasteiger partial charge in [0.15, 0.2) is 0 Å². The number of fused-ring (bicyclic) bond motifs is 1. The van der Waals surface area contributed by atoms with Crippen molar-refractivity contribution in [3.8, 4) is 0 Å². The van der Waals surface area contributed by atoms with Crippen molar-refractivity contribution >= 4 is 23.4 Å². The van der Waals surface area contributed by atoms with Gasteiger partial charge in [0, 0.05) is 17.8 Å². The molecule has 0 unspecified atom stereocenters. The standard InChI is InChI=1S/C20H24N4.ClH.H2O/c1-14-19(20-18(22-14)12-21-15(2)23-20)17-8-10-24(11-9-17)13-16-6-4-3-5-7-16;;/h3-7,12,17,22H,8-11,13H2,1-2H3;1H;1H2. The maximum absolute atomic E-state index is 4.70. The van der Waals surface area contributed by atoms with Crippen molar-refractivity contribution in [3.05, 3.63) is 59.2 Å². The maximum Gasteiger partial charge on any atom is 0.126 e. The third-order valence-electron chi connectivity index (χ3n) is 5.14. The van der Waals surface area contributed by atoms with Crippen LogP contribution < -0.4 is 0 Å². The Morgan fingerprint density at radius 2 is 1.81 bits per heavy atom. The average molecular weight is 375 g/mol. The SMILES string of the molecule is Cc1ncc2[nH]c(C)c(C3CCN(Cc4ccccc4)CC3)c2n1.Cl.O. The molecule has 0 amide bonds. The Hall–Kier alpha value is -1.95. The van der Waals surface area contributed by atoms with Crippen molar-refractivity contribution in [2.24, 2.45) is 0 Å². The number of hydrogen-bond acceptors (Lipinski definition) is 3. The smallest absolute Gasteiger partial charge is 0.126 e. The van der Waals surface area contributed by atoms with Gasteiger partial charge in [-0.15, -0.1) is 12.4 Å². The summed E-state index contributed by atoms with van der Waals surface area (Å²) in [6, 6.07) is 10.8. The second kappa shape index (κ2) is 8.62. The monoisotopic (exact) mass is 374 g/mol. The highest BCUT2D eigenvalue weighted by atomic mass is 35.5. The third kappa shape index (κ3) is 4.06. The molecule has 1 aromatic carbocycles. The number of halogens is 1. The van der Waals surface area contributed by atoms with Crippen LogP contribution in [-0.2, 0) is 6.54 Å². The lowest BCUT2D eigenvalue weighted by Gasteiger charge is -2.32. The molecular weight excluding hydrogens is 348 g/mol. The van der Waals surface area contributed by atoms with Gasteiger partial charge in [-0.1, -0.05) is 30.3 Å². The Morgan fingerprint density at radius 3 is 2.50 bits per heavy atom. The minimum atomic E-state index is 0. The molecule has 0 saturated carbocycles. The number of aromatic nitrogens is 3. The number of aromatic amines is 1. The van der Waals surface area contributed by atoms with E-state index in [2.05, 4.69) is 52.1 Å². The number of aryl methyl sites for hydroxylation is 2. The van der Waals surface area contributed by atoms with E-state index in [0.29, 0.717) is 5.92 Å². The van der Waals surface area contributed by atoms with Gasteiger partial charge < -0.3 is 10.5 Å². The minimum absolute atomic E-state index is 0. The fourth-order valence-electron chi connectivity index (χ4n) is 3.93. The zero-order chi connectivity index (χ0) is 16.5. The van der Waals surface area contributed by atoms with Crippen LogP contribution in [0.5, 0.6) is 0 Å². The third-order valence-corrected chi connectivity index (χ3v) is 5.14. The molecule has 6 heteroatoms. The second-order valence-electron chi connectivity index (χ2n) is 6.88. The zero-order valence-corrected chi connectivity index (χ0v) is 16.1. The summed E-state index contributed by atoms with van der Waals surface area (Å²) in [5, 5.41) is 0. The van der Waals surface area contributed by atoms with E-state index in [-0.39, 0.29) is 17.9 Å². The van der Waals surface area contributed by atoms with Crippen molar-refractivity contribution in [2.45, 2.75) is 39.2 Å². The molecule has 2 aromatic heterocycles. The lowest BCUT2D eigenvalue weighted by atomic mass is 9.88. The van der Waals surface area contributed by atoms with E-state index in [0.717, 1.165) is 36.5 Å². The normalized spacial score (nSPS) is 15.5. The molecule has 0 spiro atoms. The molecule has 1 saturated heterocycles. The summed E-state index contributed by atoms with van der Waals surface area (Å²) in [5.41, 5.74) is 6.27. The van der Waals surface area contributed by atoms with E-state index in [1.807, 2.05) is 13.1 Å². The molecule has 1 fully saturated rings. The van der Waals surface area contributed by atoms with E-state index < -0.39 is 0 Å². The summed E-state index contributed by atoms with van der Waals surface area (Å²) in [6.07, 6.45) is 4.31. The van der Waals surface area contributed by atoms with E-state index in [4.69, 9.17) is 4.98 Å². The van der Waals surface area contributed by atoms with Gasteiger partial charge in [-0.05, 0) is 51.3 Å². The number of benzene rings is 1. The van der Waals surface area contributed by atoms with Crippen molar-refractivity contribution in [3.63, 3.8) is 0 Å². The molecule has 1 aliphatic rings. The fourth-order valence-corrected chi connectivity index (χ4v) is 3.93. The molecule has 3 N–H and O–H groups in total. The van der Waals surface area contributed by atoms with Gasteiger partial charge in [-0.25, -0.2) is 9.97 Å². The second-order valence-corrected chi connectivity index (χ2v) is 6.88. The quantitative estimate of drug-likeness (QED) is 0.761. The molecule has 0 atom stereocenters. The summed E-state index contributed by atoms with van der Waals surface area (Å²) in [6.45, 7) is 7.49. The molecule has 0 aliphatic carbocycles. The van der Waals surface area contributed by atoms with Crippen LogP contribution in [-0.4, -0.2) is 38.4 Å². The Balaban J connectivity index is 0.00000121. The Kier molecular flexibility index (Phi) is 6.75. The van der Waals surface area contributed by atoms with E-state index in [1.165, 1.54) is 29.7 Å². The molecular formula is C20H27ClN4O. The molecule has 140 valence electrons. The minimum Gasteiger partial charge on any atom is -0.412 e. The number of rotatable bonds is 3.